The van der Waals surface area contributed by atoms with Gasteiger partial charge in [-0.05, 0) is 49.0 Å². The Kier molecular flexibility index (Phi) is 6.91. The van der Waals surface area contributed by atoms with E-state index in [1.807, 2.05) is 12.1 Å². The third-order valence-corrected chi connectivity index (χ3v) is 5.00. The maximum atomic E-state index is 12.9. The van der Waals surface area contributed by atoms with E-state index in [1.165, 1.54) is 6.21 Å². The van der Waals surface area contributed by atoms with Gasteiger partial charge in [-0.1, -0.05) is 23.7 Å². The number of hydrazone groups is 1. The number of nitrogens with zero attached hydrogens (tertiary/aromatic N) is 1. The molecule has 1 amide bonds. The zero-order valence-electron chi connectivity index (χ0n) is 16.7. The Morgan fingerprint density at radius 3 is 2.60 bits per heavy atom. The second-order valence-corrected chi connectivity index (χ2v) is 7.27. The summed E-state index contributed by atoms with van der Waals surface area (Å²) in [6.45, 7) is 1.79. The Balaban J connectivity index is 1.82. The monoisotopic (exact) mass is 444 g/mol. The van der Waals surface area contributed by atoms with Crippen LogP contribution in [-0.4, -0.2) is 31.5 Å². The molecule has 3 rings (SSSR count). The van der Waals surface area contributed by atoms with Gasteiger partial charge in [-0.15, -0.1) is 0 Å². The number of amides is 1. The van der Waals surface area contributed by atoms with E-state index >= 15 is 0 Å². The smallest absolute Gasteiger partial charge is 0.271 e. The number of nitrogens with one attached hydrogen (secondary N) is 3. The zero-order chi connectivity index (χ0) is 21.7. The summed E-state index contributed by atoms with van der Waals surface area (Å²) in [4.78, 5) is 12.9. The number of allylic oxidation sites excluding steroid dienone is 1. The van der Waals surface area contributed by atoms with E-state index in [2.05, 4.69) is 21.2 Å². The van der Waals surface area contributed by atoms with Gasteiger partial charge in [0.05, 0.1) is 32.0 Å². The van der Waals surface area contributed by atoms with Crippen molar-refractivity contribution in [3.05, 3.63) is 69.9 Å². The van der Waals surface area contributed by atoms with Crippen LogP contribution >= 0.6 is 23.8 Å². The Morgan fingerprint density at radius 1 is 1.20 bits per heavy atom. The molecular weight excluding hydrogens is 424 g/mol. The summed E-state index contributed by atoms with van der Waals surface area (Å²) < 4.78 is 10.5. The average Bonchev–Trinajstić information content (AvgIpc) is 2.73. The minimum Gasteiger partial charge on any atom is -0.497 e. The molecule has 1 unspecified atom stereocenters. The maximum Gasteiger partial charge on any atom is 0.271 e. The molecule has 7 nitrogen and oxygen atoms in total. The molecule has 0 saturated heterocycles. The maximum absolute atomic E-state index is 12.9. The highest BCUT2D eigenvalue weighted by atomic mass is 35.5. The molecule has 9 heteroatoms. The molecule has 156 valence electrons. The van der Waals surface area contributed by atoms with Gasteiger partial charge in [-0.3, -0.25) is 4.79 Å². The number of thiocarbonyl (C=S) groups is 1. The molecular formula is C21H21ClN4O3S. The first-order valence-corrected chi connectivity index (χ1v) is 9.80. The largest absolute Gasteiger partial charge is 0.497 e. The van der Waals surface area contributed by atoms with Crippen LogP contribution in [-0.2, 0) is 4.79 Å². The van der Waals surface area contributed by atoms with Crippen molar-refractivity contribution in [2.24, 2.45) is 5.10 Å². The summed E-state index contributed by atoms with van der Waals surface area (Å²) in [6, 6.07) is 12.1. The number of halogens is 1. The van der Waals surface area contributed by atoms with Gasteiger partial charge in [0, 0.05) is 22.3 Å². The second kappa shape index (κ2) is 9.60. The number of carbonyl (C=O) groups is 1. The number of hydrogen-bond donors (Lipinski definition) is 3. The van der Waals surface area contributed by atoms with Crippen LogP contribution in [0.5, 0.6) is 11.5 Å². The summed E-state index contributed by atoms with van der Waals surface area (Å²) in [5.74, 6) is 0.877. The van der Waals surface area contributed by atoms with Crippen molar-refractivity contribution < 1.29 is 14.3 Å². The van der Waals surface area contributed by atoms with Gasteiger partial charge >= 0.3 is 0 Å². The topological polar surface area (TPSA) is 84.0 Å². The highest BCUT2D eigenvalue weighted by Crippen LogP contribution is 2.28. The first kappa shape index (κ1) is 21.6. The predicted molar refractivity (Wildman–Crippen MR) is 121 cm³/mol. The summed E-state index contributed by atoms with van der Waals surface area (Å²) in [5, 5.41) is 11.3. The van der Waals surface area contributed by atoms with E-state index in [0.29, 0.717) is 38.5 Å². The number of methoxy groups -OCH3 is 2. The number of rotatable bonds is 6. The highest BCUT2D eigenvalue weighted by molar-refractivity contribution is 7.80. The molecule has 1 aliphatic heterocycles. The lowest BCUT2D eigenvalue weighted by molar-refractivity contribution is -0.117. The summed E-state index contributed by atoms with van der Waals surface area (Å²) in [5.41, 5.74) is 5.25. The molecule has 1 heterocycles. The van der Waals surface area contributed by atoms with Gasteiger partial charge in [0.1, 0.15) is 11.5 Å². The van der Waals surface area contributed by atoms with Crippen molar-refractivity contribution in [2.45, 2.75) is 13.0 Å². The van der Waals surface area contributed by atoms with E-state index in [9.17, 15) is 4.79 Å². The van der Waals surface area contributed by atoms with Gasteiger partial charge < -0.3 is 20.1 Å². The van der Waals surface area contributed by atoms with Crippen molar-refractivity contribution in [2.75, 3.05) is 14.2 Å². The summed E-state index contributed by atoms with van der Waals surface area (Å²) in [6.07, 6.45) is 1.51. The van der Waals surface area contributed by atoms with Crippen LogP contribution in [0, 0.1) is 0 Å². The Labute approximate surface area is 185 Å². The molecule has 3 N–H and O–H groups in total. The third-order valence-electron chi connectivity index (χ3n) is 4.53. The molecule has 1 atom stereocenters. The van der Waals surface area contributed by atoms with Crippen LogP contribution in [0.15, 0.2) is 58.8 Å². The molecule has 0 saturated carbocycles. The third kappa shape index (κ3) is 4.90. The van der Waals surface area contributed by atoms with Crippen LogP contribution in [0.1, 0.15) is 24.1 Å². The Bertz CT molecular complexity index is 1020. The molecule has 0 aromatic heterocycles. The van der Waals surface area contributed by atoms with E-state index < -0.39 is 6.04 Å². The predicted octanol–water partition coefficient (Wildman–Crippen LogP) is 3.30. The molecule has 0 fully saturated rings. The second-order valence-electron chi connectivity index (χ2n) is 6.43. The normalized spacial score (nSPS) is 16.1. The quantitative estimate of drug-likeness (QED) is 0.360. The van der Waals surface area contributed by atoms with Crippen molar-refractivity contribution in [3.63, 3.8) is 0 Å². The fourth-order valence-electron chi connectivity index (χ4n) is 3.05. The summed E-state index contributed by atoms with van der Waals surface area (Å²) in [7, 11) is 3.13. The van der Waals surface area contributed by atoms with E-state index in [1.54, 1.807) is 51.5 Å². The van der Waals surface area contributed by atoms with Crippen LogP contribution < -0.4 is 25.5 Å². The standard InChI is InChI=1S/C21H21ClN4O3S/c1-12-18(19(25-21(30)24-12)13-4-7-15(22)8-5-13)20(27)26-23-11-14-6-9-16(28-2)10-17(14)29-3/h4-11,19H,1-3H3,(H,26,27)(H2,24,25,30). The van der Waals surface area contributed by atoms with Gasteiger partial charge in [0.15, 0.2) is 5.11 Å². The SMILES string of the molecule is COc1ccc(C=NNC(=O)C2=C(C)NC(=S)NC2c2ccc(Cl)cc2)c(OC)c1. The Hall–Kier alpha value is -3.10. The molecule has 0 bridgehead atoms. The molecule has 2 aromatic carbocycles. The van der Waals surface area contributed by atoms with Crippen LogP contribution in [0.3, 0.4) is 0 Å². The van der Waals surface area contributed by atoms with Gasteiger partial charge in [0.2, 0.25) is 0 Å². The van der Waals surface area contributed by atoms with E-state index in [-0.39, 0.29) is 5.91 Å². The number of carbonyl (C=O) groups excluding carboxylic acids is 1. The van der Waals surface area contributed by atoms with Gasteiger partial charge in [-0.25, -0.2) is 5.43 Å². The van der Waals surface area contributed by atoms with Gasteiger partial charge in [0.25, 0.3) is 5.91 Å². The Morgan fingerprint density at radius 2 is 1.93 bits per heavy atom. The molecule has 30 heavy (non-hydrogen) atoms. The first-order chi connectivity index (χ1) is 14.4. The van der Waals surface area contributed by atoms with Gasteiger partial charge in [-0.2, -0.15) is 5.10 Å². The summed E-state index contributed by atoms with van der Waals surface area (Å²) >= 11 is 11.2. The zero-order valence-corrected chi connectivity index (χ0v) is 18.2. The molecule has 2 aromatic rings. The lowest BCUT2D eigenvalue weighted by atomic mass is 9.95. The fraction of sp³-hybridized carbons (Fsp3) is 0.190. The first-order valence-electron chi connectivity index (χ1n) is 9.02. The lowest BCUT2D eigenvalue weighted by Gasteiger charge is -2.30. The van der Waals surface area contributed by atoms with Crippen LogP contribution in [0.4, 0.5) is 0 Å². The van der Waals surface area contributed by atoms with E-state index in [4.69, 9.17) is 33.3 Å². The van der Waals surface area contributed by atoms with Crippen molar-refractivity contribution in [3.8, 4) is 11.5 Å². The number of hydrogen-bond acceptors (Lipinski definition) is 5. The van der Waals surface area contributed by atoms with Crippen molar-refractivity contribution >= 4 is 41.1 Å². The molecule has 0 aliphatic carbocycles. The highest BCUT2D eigenvalue weighted by Gasteiger charge is 2.29. The van der Waals surface area contributed by atoms with Crippen LogP contribution in [0.25, 0.3) is 0 Å². The van der Waals surface area contributed by atoms with E-state index in [0.717, 1.165) is 5.56 Å². The fourth-order valence-corrected chi connectivity index (χ4v) is 3.44. The molecule has 1 aliphatic rings. The minimum atomic E-state index is -0.429. The van der Waals surface area contributed by atoms with Crippen LogP contribution in [0.2, 0.25) is 5.02 Å². The van der Waals surface area contributed by atoms with Crippen molar-refractivity contribution in [1.82, 2.24) is 16.1 Å². The number of benzene rings is 2. The lowest BCUT2D eigenvalue weighted by Crippen LogP contribution is -2.46. The molecule has 0 spiro atoms. The number of ether oxygens (including phenoxy) is 2. The average molecular weight is 445 g/mol. The molecule has 0 radical (unpaired) electrons. The minimum absolute atomic E-state index is 0.362. The van der Waals surface area contributed by atoms with Crippen molar-refractivity contribution in [1.29, 1.82) is 0 Å².